The van der Waals surface area contributed by atoms with Crippen LogP contribution in [0.25, 0.3) is 10.9 Å². The first-order valence-corrected chi connectivity index (χ1v) is 9.46. The third-order valence-corrected chi connectivity index (χ3v) is 5.10. The van der Waals surface area contributed by atoms with Crippen LogP contribution in [0, 0.1) is 0 Å². The van der Waals surface area contributed by atoms with Crippen LogP contribution in [0.1, 0.15) is 12.8 Å². The Kier molecular flexibility index (Phi) is 5.12. The van der Waals surface area contributed by atoms with Gasteiger partial charge in [-0.05, 0) is 61.7 Å². The highest BCUT2D eigenvalue weighted by Crippen LogP contribution is 2.21. The van der Waals surface area contributed by atoms with E-state index in [0.29, 0.717) is 6.54 Å². The van der Waals surface area contributed by atoms with Gasteiger partial charge < -0.3 is 19.5 Å². The number of aromatic nitrogens is 1. The molecule has 0 spiro atoms. The van der Waals surface area contributed by atoms with E-state index in [1.807, 2.05) is 65.4 Å². The Hall–Kier alpha value is -2.79. The number of hydrogen-bond acceptors (Lipinski definition) is 3. The van der Waals surface area contributed by atoms with Gasteiger partial charge in [0, 0.05) is 30.5 Å². The highest BCUT2D eigenvalue weighted by molar-refractivity contribution is 5.92. The molecule has 1 aliphatic heterocycles. The van der Waals surface area contributed by atoms with Crippen LogP contribution in [0.15, 0.2) is 60.8 Å². The Labute approximate surface area is 159 Å². The number of nitrogens with one attached hydrogen (secondary N) is 1. The molecule has 1 fully saturated rings. The van der Waals surface area contributed by atoms with Crippen molar-refractivity contribution in [3.05, 3.63) is 60.8 Å². The number of carbonyl (C=O) groups is 1. The third-order valence-electron chi connectivity index (χ3n) is 5.10. The summed E-state index contributed by atoms with van der Waals surface area (Å²) in [7, 11) is 2.14. The normalized spacial score (nSPS) is 15.7. The number of para-hydroxylation sites is 1. The molecule has 2 aromatic carbocycles. The minimum absolute atomic E-state index is 0.0414. The van der Waals surface area contributed by atoms with E-state index in [1.165, 1.54) is 0 Å². The van der Waals surface area contributed by atoms with Gasteiger partial charge in [-0.3, -0.25) is 4.79 Å². The molecule has 5 heteroatoms. The lowest BCUT2D eigenvalue weighted by atomic mass is 10.1. The highest BCUT2D eigenvalue weighted by atomic mass is 16.5. The van der Waals surface area contributed by atoms with E-state index in [2.05, 4.69) is 17.3 Å². The van der Waals surface area contributed by atoms with Crippen molar-refractivity contribution >= 4 is 22.5 Å². The van der Waals surface area contributed by atoms with E-state index in [0.717, 1.165) is 48.3 Å². The van der Waals surface area contributed by atoms with Gasteiger partial charge in [-0.2, -0.15) is 0 Å². The number of carbonyl (C=O) groups excluding carboxylic acids is 1. The second-order valence-corrected chi connectivity index (χ2v) is 7.20. The number of rotatable bonds is 5. The quantitative estimate of drug-likeness (QED) is 0.751. The standard InChI is InChI=1S/C22H25N3O2/c1-24-13-11-20(12-14-24)27-19-8-6-18(7-9-19)23-22(26)16-25-15-10-17-4-2-3-5-21(17)25/h2-10,15,20H,11-14,16H2,1H3,(H,23,26). The summed E-state index contributed by atoms with van der Waals surface area (Å²) in [5.41, 5.74) is 1.85. The van der Waals surface area contributed by atoms with E-state index in [4.69, 9.17) is 4.74 Å². The van der Waals surface area contributed by atoms with Crippen molar-refractivity contribution in [3.63, 3.8) is 0 Å². The van der Waals surface area contributed by atoms with Crippen LogP contribution in [0.5, 0.6) is 5.75 Å². The second-order valence-electron chi connectivity index (χ2n) is 7.20. The zero-order valence-corrected chi connectivity index (χ0v) is 15.6. The summed E-state index contributed by atoms with van der Waals surface area (Å²) in [6, 6.07) is 17.7. The molecule has 0 radical (unpaired) electrons. The average Bonchev–Trinajstić information content (AvgIpc) is 3.08. The average molecular weight is 363 g/mol. The molecule has 1 amide bonds. The summed E-state index contributed by atoms with van der Waals surface area (Å²) < 4.78 is 8.01. The lowest BCUT2D eigenvalue weighted by Gasteiger charge is -2.29. The van der Waals surface area contributed by atoms with Gasteiger partial charge in [-0.25, -0.2) is 0 Å². The lowest BCUT2D eigenvalue weighted by molar-refractivity contribution is -0.116. The number of piperidine rings is 1. The molecule has 0 bridgehead atoms. The molecule has 0 saturated carbocycles. The highest BCUT2D eigenvalue weighted by Gasteiger charge is 2.17. The first-order chi connectivity index (χ1) is 13.2. The van der Waals surface area contributed by atoms with Gasteiger partial charge in [0.1, 0.15) is 18.4 Å². The van der Waals surface area contributed by atoms with Crippen molar-refractivity contribution in [1.29, 1.82) is 0 Å². The molecule has 27 heavy (non-hydrogen) atoms. The molecule has 1 aliphatic rings. The van der Waals surface area contributed by atoms with Crippen molar-refractivity contribution in [2.75, 3.05) is 25.5 Å². The predicted octanol–water partition coefficient (Wildman–Crippen LogP) is 3.75. The number of fused-ring (bicyclic) bond motifs is 1. The largest absolute Gasteiger partial charge is 0.490 e. The van der Waals surface area contributed by atoms with E-state index >= 15 is 0 Å². The summed E-state index contributed by atoms with van der Waals surface area (Å²) in [6.45, 7) is 2.45. The number of hydrogen-bond donors (Lipinski definition) is 1. The summed E-state index contributed by atoms with van der Waals surface area (Å²) in [5.74, 6) is 0.819. The van der Waals surface area contributed by atoms with Crippen LogP contribution in [-0.2, 0) is 11.3 Å². The maximum absolute atomic E-state index is 12.4. The van der Waals surface area contributed by atoms with Crippen LogP contribution < -0.4 is 10.1 Å². The summed E-state index contributed by atoms with van der Waals surface area (Å²) in [6.07, 6.45) is 4.34. The van der Waals surface area contributed by atoms with E-state index < -0.39 is 0 Å². The number of benzene rings is 2. The Balaban J connectivity index is 1.33. The molecule has 140 valence electrons. The van der Waals surface area contributed by atoms with Gasteiger partial charge in [0.25, 0.3) is 0 Å². The fourth-order valence-electron chi connectivity index (χ4n) is 3.55. The van der Waals surface area contributed by atoms with Crippen LogP contribution in [0.3, 0.4) is 0 Å². The summed E-state index contributed by atoms with van der Waals surface area (Å²) in [5, 5.41) is 4.10. The molecule has 1 saturated heterocycles. The van der Waals surface area contributed by atoms with Gasteiger partial charge in [0.15, 0.2) is 0 Å². The molecule has 4 rings (SSSR count). The molecular formula is C22H25N3O2. The topological polar surface area (TPSA) is 46.5 Å². The molecular weight excluding hydrogens is 338 g/mol. The smallest absolute Gasteiger partial charge is 0.244 e. The van der Waals surface area contributed by atoms with Crippen molar-refractivity contribution in [2.24, 2.45) is 0 Å². The number of nitrogens with zero attached hydrogens (tertiary/aromatic N) is 2. The van der Waals surface area contributed by atoms with Crippen LogP contribution >= 0.6 is 0 Å². The van der Waals surface area contributed by atoms with Gasteiger partial charge in [0.2, 0.25) is 5.91 Å². The molecule has 0 atom stereocenters. The fourth-order valence-corrected chi connectivity index (χ4v) is 3.55. The molecule has 3 aromatic rings. The Morgan fingerprint density at radius 1 is 1.07 bits per heavy atom. The minimum atomic E-state index is -0.0414. The van der Waals surface area contributed by atoms with Crippen LogP contribution in [0.2, 0.25) is 0 Å². The van der Waals surface area contributed by atoms with Crippen LogP contribution in [-0.4, -0.2) is 41.6 Å². The van der Waals surface area contributed by atoms with Gasteiger partial charge in [0.05, 0.1) is 0 Å². The minimum Gasteiger partial charge on any atom is -0.490 e. The van der Waals surface area contributed by atoms with Crippen molar-refractivity contribution in [3.8, 4) is 5.75 Å². The van der Waals surface area contributed by atoms with Crippen molar-refractivity contribution < 1.29 is 9.53 Å². The molecule has 2 heterocycles. The molecule has 0 unspecified atom stereocenters. The third kappa shape index (κ3) is 4.31. The van der Waals surface area contributed by atoms with E-state index in [9.17, 15) is 4.79 Å². The van der Waals surface area contributed by atoms with Gasteiger partial charge >= 0.3 is 0 Å². The van der Waals surface area contributed by atoms with E-state index in [1.54, 1.807) is 0 Å². The maximum atomic E-state index is 12.4. The number of anilines is 1. The van der Waals surface area contributed by atoms with Crippen molar-refractivity contribution in [1.82, 2.24) is 9.47 Å². The number of amides is 1. The van der Waals surface area contributed by atoms with E-state index in [-0.39, 0.29) is 12.0 Å². The SMILES string of the molecule is CN1CCC(Oc2ccc(NC(=O)Cn3ccc4ccccc43)cc2)CC1. The Morgan fingerprint density at radius 2 is 1.81 bits per heavy atom. The van der Waals surface area contributed by atoms with Gasteiger partial charge in [-0.15, -0.1) is 0 Å². The van der Waals surface area contributed by atoms with Crippen LogP contribution in [0.4, 0.5) is 5.69 Å². The fraction of sp³-hybridized carbons (Fsp3) is 0.318. The Bertz CT molecular complexity index is 909. The zero-order chi connectivity index (χ0) is 18.6. The molecule has 0 aliphatic carbocycles. The predicted molar refractivity (Wildman–Crippen MR) is 108 cm³/mol. The maximum Gasteiger partial charge on any atom is 0.244 e. The zero-order valence-electron chi connectivity index (χ0n) is 15.6. The summed E-state index contributed by atoms with van der Waals surface area (Å²) in [4.78, 5) is 14.7. The molecule has 1 aromatic heterocycles. The Morgan fingerprint density at radius 3 is 2.59 bits per heavy atom. The second kappa shape index (κ2) is 7.84. The number of likely N-dealkylation sites (tertiary alicyclic amines) is 1. The molecule has 1 N–H and O–H groups in total. The molecule has 5 nitrogen and oxygen atoms in total. The first-order valence-electron chi connectivity index (χ1n) is 9.46. The monoisotopic (exact) mass is 363 g/mol. The number of ether oxygens (including phenoxy) is 1. The van der Waals surface area contributed by atoms with Gasteiger partial charge in [-0.1, -0.05) is 18.2 Å². The lowest BCUT2D eigenvalue weighted by Crippen LogP contribution is -2.35. The first kappa shape index (κ1) is 17.6. The van der Waals surface area contributed by atoms with Crippen molar-refractivity contribution in [2.45, 2.75) is 25.5 Å². The summed E-state index contributed by atoms with van der Waals surface area (Å²) >= 11 is 0.